The second kappa shape index (κ2) is 7.42. The third-order valence-corrected chi connectivity index (χ3v) is 5.61. The number of nitrogens with zero attached hydrogens (tertiary/aromatic N) is 2. The van der Waals surface area contributed by atoms with Crippen LogP contribution < -0.4 is 14.8 Å². The van der Waals surface area contributed by atoms with E-state index in [2.05, 4.69) is 11.4 Å². The summed E-state index contributed by atoms with van der Waals surface area (Å²) in [6.07, 6.45) is 5.17. The van der Waals surface area contributed by atoms with Crippen molar-refractivity contribution in [2.75, 3.05) is 19.9 Å². The van der Waals surface area contributed by atoms with Gasteiger partial charge in [-0.2, -0.15) is 0 Å². The molecule has 1 aromatic rings. The fourth-order valence-electron chi connectivity index (χ4n) is 4.13. The molecule has 1 N–H and O–H groups in total. The molecule has 8 nitrogen and oxygen atoms in total. The third-order valence-electron chi connectivity index (χ3n) is 5.61. The maximum atomic E-state index is 13.0. The number of imide groups is 1. The summed E-state index contributed by atoms with van der Waals surface area (Å²) < 4.78 is 10.7. The van der Waals surface area contributed by atoms with Crippen molar-refractivity contribution in [1.82, 2.24) is 15.1 Å². The van der Waals surface area contributed by atoms with E-state index in [1.54, 1.807) is 17.9 Å². The summed E-state index contributed by atoms with van der Waals surface area (Å²) in [5, 5.41) is 2.76. The van der Waals surface area contributed by atoms with Gasteiger partial charge in [0.05, 0.1) is 0 Å². The lowest BCUT2D eigenvalue weighted by atomic mass is 9.92. The van der Waals surface area contributed by atoms with Crippen molar-refractivity contribution in [2.45, 2.75) is 45.1 Å². The number of amides is 4. The van der Waals surface area contributed by atoms with Crippen LogP contribution in [0, 0.1) is 0 Å². The average Bonchev–Trinajstić information content (AvgIpc) is 3.40. The zero-order chi connectivity index (χ0) is 20.6. The van der Waals surface area contributed by atoms with E-state index in [0.717, 1.165) is 35.4 Å². The molecule has 1 atom stereocenters. The van der Waals surface area contributed by atoms with E-state index in [1.807, 2.05) is 19.1 Å². The fourth-order valence-corrected chi connectivity index (χ4v) is 4.13. The number of carbonyl (C=O) groups is 3. The van der Waals surface area contributed by atoms with Crippen LogP contribution in [0.1, 0.15) is 38.7 Å². The summed E-state index contributed by atoms with van der Waals surface area (Å²) in [4.78, 5) is 41.0. The maximum Gasteiger partial charge on any atom is 0.325 e. The topological polar surface area (TPSA) is 88.2 Å². The molecule has 1 unspecified atom stereocenters. The van der Waals surface area contributed by atoms with Crippen LogP contribution >= 0.6 is 0 Å². The minimum absolute atomic E-state index is 0.173. The zero-order valence-electron chi connectivity index (χ0n) is 16.7. The zero-order valence-corrected chi connectivity index (χ0v) is 16.7. The van der Waals surface area contributed by atoms with Crippen molar-refractivity contribution in [3.8, 4) is 11.5 Å². The Morgan fingerprint density at radius 2 is 2.07 bits per heavy atom. The highest BCUT2D eigenvalue weighted by molar-refractivity contribution is 6.09. The normalized spacial score (nSPS) is 22.7. The first-order valence-electron chi connectivity index (χ1n) is 9.93. The molecule has 1 saturated heterocycles. The highest BCUT2D eigenvalue weighted by Crippen LogP contribution is 2.34. The Morgan fingerprint density at radius 3 is 2.79 bits per heavy atom. The van der Waals surface area contributed by atoms with Gasteiger partial charge >= 0.3 is 6.03 Å². The van der Waals surface area contributed by atoms with Gasteiger partial charge in [0.25, 0.3) is 5.91 Å². The van der Waals surface area contributed by atoms with Crippen LogP contribution in [-0.4, -0.2) is 53.1 Å². The first-order valence-corrected chi connectivity index (χ1v) is 9.93. The Morgan fingerprint density at radius 1 is 1.28 bits per heavy atom. The lowest BCUT2D eigenvalue weighted by molar-refractivity contribution is -0.137. The molecule has 154 valence electrons. The summed E-state index contributed by atoms with van der Waals surface area (Å²) in [5.74, 6) is 0.647. The summed E-state index contributed by atoms with van der Waals surface area (Å²) in [6, 6.07) is 4.91. The predicted molar refractivity (Wildman–Crippen MR) is 104 cm³/mol. The molecule has 0 saturated carbocycles. The van der Waals surface area contributed by atoms with Crippen molar-refractivity contribution < 1.29 is 23.9 Å². The molecule has 0 bridgehead atoms. The predicted octanol–water partition coefficient (Wildman–Crippen LogP) is 2.18. The largest absolute Gasteiger partial charge is 0.454 e. The minimum Gasteiger partial charge on any atom is -0.454 e. The van der Waals surface area contributed by atoms with Gasteiger partial charge < -0.3 is 19.7 Å². The van der Waals surface area contributed by atoms with Crippen molar-refractivity contribution in [1.29, 1.82) is 0 Å². The van der Waals surface area contributed by atoms with Crippen LogP contribution in [0.25, 0.3) is 0 Å². The number of rotatable bonds is 6. The maximum absolute atomic E-state index is 13.0. The minimum atomic E-state index is -1.12. The second-order valence-electron chi connectivity index (χ2n) is 7.74. The first kappa shape index (κ1) is 19.3. The molecule has 2 aliphatic heterocycles. The SMILES string of the molecule is CCN(C(=O)CN1C(=O)NC(C)(Cc2ccc3c(c2)OCO3)C1=O)C1=CCCC1. The van der Waals surface area contributed by atoms with Gasteiger partial charge in [-0.25, -0.2) is 4.79 Å². The molecule has 0 radical (unpaired) electrons. The van der Waals surface area contributed by atoms with Crippen molar-refractivity contribution in [2.24, 2.45) is 0 Å². The molecule has 1 aliphatic carbocycles. The number of hydrogen-bond acceptors (Lipinski definition) is 5. The molecule has 8 heteroatoms. The number of allylic oxidation sites excluding steroid dienone is 2. The van der Waals surface area contributed by atoms with E-state index >= 15 is 0 Å². The molecular formula is C21H25N3O5. The summed E-state index contributed by atoms with van der Waals surface area (Å²) in [6.45, 7) is 4.01. The molecule has 1 fully saturated rings. The van der Waals surface area contributed by atoms with Crippen LogP contribution in [0.15, 0.2) is 30.0 Å². The van der Waals surface area contributed by atoms with Crippen LogP contribution in [0.5, 0.6) is 11.5 Å². The lowest BCUT2D eigenvalue weighted by Crippen LogP contribution is -2.47. The van der Waals surface area contributed by atoms with Crippen LogP contribution in [0.2, 0.25) is 0 Å². The monoisotopic (exact) mass is 399 g/mol. The number of benzene rings is 1. The number of urea groups is 1. The second-order valence-corrected chi connectivity index (χ2v) is 7.74. The van der Waals surface area contributed by atoms with E-state index in [1.165, 1.54) is 0 Å². The van der Waals surface area contributed by atoms with E-state index < -0.39 is 17.5 Å². The van der Waals surface area contributed by atoms with Gasteiger partial charge in [0.15, 0.2) is 11.5 Å². The van der Waals surface area contributed by atoms with E-state index in [4.69, 9.17) is 9.47 Å². The van der Waals surface area contributed by atoms with Gasteiger partial charge in [-0.15, -0.1) is 0 Å². The summed E-state index contributed by atoms with van der Waals surface area (Å²) in [7, 11) is 0. The molecule has 29 heavy (non-hydrogen) atoms. The van der Waals surface area contributed by atoms with Crippen LogP contribution in [-0.2, 0) is 16.0 Å². The summed E-state index contributed by atoms with van der Waals surface area (Å²) >= 11 is 0. The van der Waals surface area contributed by atoms with Crippen LogP contribution in [0.3, 0.4) is 0 Å². The number of ether oxygens (including phenoxy) is 2. The van der Waals surface area contributed by atoms with Gasteiger partial charge in [0.1, 0.15) is 12.1 Å². The van der Waals surface area contributed by atoms with Gasteiger partial charge in [-0.3, -0.25) is 14.5 Å². The lowest BCUT2D eigenvalue weighted by Gasteiger charge is -2.25. The van der Waals surface area contributed by atoms with Gasteiger partial charge in [0.2, 0.25) is 12.7 Å². The van der Waals surface area contributed by atoms with Gasteiger partial charge in [0, 0.05) is 18.7 Å². The van der Waals surface area contributed by atoms with Crippen molar-refractivity contribution >= 4 is 17.8 Å². The number of hydrogen-bond donors (Lipinski definition) is 1. The van der Waals surface area contributed by atoms with Crippen molar-refractivity contribution in [3.05, 3.63) is 35.5 Å². The van der Waals surface area contributed by atoms with Crippen molar-refractivity contribution in [3.63, 3.8) is 0 Å². The quantitative estimate of drug-likeness (QED) is 0.741. The molecule has 4 amide bonds. The molecule has 0 aromatic heterocycles. The number of fused-ring (bicyclic) bond motifs is 1. The van der Waals surface area contributed by atoms with E-state index in [-0.39, 0.29) is 19.2 Å². The van der Waals surface area contributed by atoms with E-state index in [0.29, 0.717) is 24.5 Å². The Labute approximate surface area is 169 Å². The van der Waals surface area contributed by atoms with Gasteiger partial charge in [-0.05, 0) is 50.8 Å². The van der Waals surface area contributed by atoms with Gasteiger partial charge in [-0.1, -0.05) is 12.1 Å². The molecular weight excluding hydrogens is 374 g/mol. The highest BCUT2D eigenvalue weighted by atomic mass is 16.7. The number of nitrogens with one attached hydrogen (secondary N) is 1. The van der Waals surface area contributed by atoms with Crippen LogP contribution in [0.4, 0.5) is 4.79 Å². The number of likely N-dealkylation sites (N-methyl/N-ethyl adjacent to an activating group) is 1. The molecule has 2 heterocycles. The third kappa shape index (κ3) is 3.54. The Bertz CT molecular complexity index is 896. The molecule has 1 aromatic carbocycles. The standard InChI is InChI=1S/C21H25N3O5/c1-3-23(15-6-4-5-7-15)18(25)12-24-19(26)21(2,22-20(24)27)11-14-8-9-16-17(10-14)29-13-28-16/h6,8-10H,3-5,7,11-13H2,1-2H3,(H,22,27). The smallest absolute Gasteiger partial charge is 0.325 e. The molecule has 3 aliphatic rings. The first-order chi connectivity index (χ1) is 13.9. The highest BCUT2D eigenvalue weighted by Gasteiger charge is 2.48. The number of carbonyl (C=O) groups excluding carboxylic acids is 3. The fraction of sp³-hybridized carbons (Fsp3) is 0.476. The molecule has 4 rings (SSSR count). The van der Waals surface area contributed by atoms with E-state index in [9.17, 15) is 14.4 Å². The Kier molecular flexibility index (Phi) is 4.94. The summed E-state index contributed by atoms with van der Waals surface area (Å²) in [5.41, 5.74) is 0.701. The Hall–Kier alpha value is -3.03. The molecule has 0 spiro atoms. The average molecular weight is 399 g/mol. The Balaban J connectivity index is 1.47.